The number of hydrogen-bond donors (Lipinski definition) is 1. The van der Waals surface area contributed by atoms with Crippen molar-refractivity contribution in [3.8, 4) is 0 Å². The molecule has 96 valence electrons. The lowest BCUT2D eigenvalue weighted by Gasteiger charge is -2.19. The summed E-state index contributed by atoms with van der Waals surface area (Å²) in [5, 5.41) is 4.86. The van der Waals surface area contributed by atoms with Crippen molar-refractivity contribution in [2.24, 2.45) is 0 Å². The number of hydrogen-bond acceptors (Lipinski definition) is 3. The first kappa shape index (κ1) is 12.7. The highest BCUT2D eigenvalue weighted by Crippen LogP contribution is 2.27. The summed E-state index contributed by atoms with van der Waals surface area (Å²) in [4.78, 5) is 2.53. The summed E-state index contributed by atoms with van der Waals surface area (Å²) >= 11 is 5.95. The molecule has 0 saturated carbocycles. The fraction of sp³-hybridized carbons (Fsp3) is 0.750. The molecule has 2 rings (SSSR count). The molecule has 2 heterocycles. The van der Waals surface area contributed by atoms with Gasteiger partial charge < -0.3 is 10.6 Å². The van der Waals surface area contributed by atoms with Crippen LogP contribution >= 0.6 is 11.6 Å². The van der Waals surface area contributed by atoms with Crippen LogP contribution in [0.15, 0.2) is 6.20 Å². The number of rotatable bonds is 3. The molecule has 0 bridgehead atoms. The molecule has 0 amide bonds. The second kappa shape index (κ2) is 5.74. The molecule has 1 aliphatic heterocycles. The second-order valence-electron chi connectivity index (χ2n) is 4.75. The molecule has 1 aliphatic rings. The zero-order chi connectivity index (χ0) is 12.3. The highest BCUT2D eigenvalue weighted by atomic mass is 35.5. The van der Waals surface area contributed by atoms with Crippen LogP contribution in [-0.4, -0.2) is 34.3 Å². The molecule has 1 aromatic rings. The van der Waals surface area contributed by atoms with E-state index in [-0.39, 0.29) is 0 Å². The molecule has 1 fully saturated rings. The summed E-state index contributed by atoms with van der Waals surface area (Å²) in [6, 6.07) is 0.407. The van der Waals surface area contributed by atoms with Crippen molar-refractivity contribution >= 4 is 17.4 Å². The van der Waals surface area contributed by atoms with Gasteiger partial charge in [-0.25, -0.2) is 4.68 Å². The van der Waals surface area contributed by atoms with Gasteiger partial charge in [0.1, 0.15) is 10.8 Å². The minimum Gasteiger partial charge on any atom is -0.383 e. The molecule has 17 heavy (non-hydrogen) atoms. The van der Waals surface area contributed by atoms with E-state index in [1.54, 1.807) is 6.20 Å². The van der Waals surface area contributed by atoms with Gasteiger partial charge in [-0.3, -0.25) is 0 Å². The summed E-state index contributed by atoms with van der Waals surface area (Å²) < 4.78 is 1.90. The van der Waals surface area contributed by atoms with Crippen molar-refractivity contribution in [2.45, 2.75) is 38.6 Å². The van der Waals surface area contributed by atoms with Gasteiger partial charge in [-0.1, -0.05) is 18.5 Å². The zero-order valence-corrected chi connectivity index (χ0v) is 11.2. The molecule has 0 aromatic carbocycles. The average Bonchev–Trinajstić information content (AvgIpc) is 2.55. The quantitative estimate of drug-likeness (QED) is 0.904. The summed E-state index contributed by atoms with van der Waals surface area (Å²) in [6.45, 7) is 5.75. The lowest BCUT2D eigenvalue weighted by Crippen LogP contribution is -2.25. The van der Waals surface area contributed by atoms with Crippen molar-refractivity contribution in [1.29, 1.82) is 0 Å². The lowest BCUT2D eigenvalue weighted by atomic mass is 10.1. The van der Waals surface area contributed by atoms with Gasteiger partial charge in [0.25, 0.3) is 0 Å². The number of nitrogens with zero attached hydrogens (tertiary/aromatic N) is 3. The molecular weight excluding hydrogens is 236 g/mol. The van der Waals surface area contributed by atoms with Crippen LogP contribution in [0.25, 0.3) is 0 Å². The molecule has 4 nitrogen and oxygen atoms in total. The third-order valence-corrected chi connectivity index (χ3v) is 3.75. The molecule has 5 heteroatoms. The minimum atomic E-state index is 0.407. The Hall–Kier alpha value is -0.740. The van der Waals surface area contributed by atoms with Gasteiger partial charge in [-0.05, 0) is 38.8 Å². The molecule has 1 unspecified atom stereocenters. The van der Waals surface area contributed by atoms with Gasteiger partial charge in [0.15, 0.2) is 0 Å². The Bertz CT molecular complexity index is 363. The number of nitrogens with two attached hydrogens (primary N) is 1. The number of halogens is 1. The van der Waals surface area contributed by atoms with Crippen LogP contribution in [0.2, 0.25) is 5.02 Å². The minimum absolute atomic E-state index is 0.407. The molecule has 1 atom stereocenters. The molecule has 1 saturated heterocycles. The second-order valence-corrected chi connectivity index (χ2v) is 5.16. The van der Waals surface area contributed by atoms with Crippen LogP contribution in [0, 0.1) is 0 Å². The Morgan fingerprint density at radius 3 is 2.94 bits per heavy atom. The third-order valence-electron chi connectivity index (χ3n) is 3.46. The van der Waals surface area contributed by atoms with Gasteiger partial charge in [-0.15, -0.1) is 0 Å². The monoisotopic (exact) mass is 256 g/mol. The summed E-state index contributed by atoms with van der Waals surface area (Å²) in [5.41, 5.74) is 5.93. The Balaban J connectivity index is 2.01. The standard InChI is InChI=1S/C12H21ClN4/c1-2-6-16-7-3-4-10(5-8-16)17-12(14)11(13)9-15-17/h9-10H,2-8,14H2,1H3. The predicted molar refractivity (Wildman–Crippen MR) is 71.3 cm³/mol. The predicted octanol–water partition coefficient (Wildman–Crippen LogP) is 2.56. The first-order chi connectivity index (χ1) is 8.22. The van der Waals surface area contributed by atoms with Gasteiger partial charge in [0.2, 0.25) is 0 Å². The van der Waals surface area contributed by atoms with E-state index in [1.165, 1.54) is 25.9 Å². The highest BCUT2D eigenvalue weighted by Gasteiger charge is 2.20. The maximum Gasteiger partial charge on any atom is 0.140 e. The summed E-state index contributed by atoms with van der Waals surface area (Å²) in [7, 11) is 0. The fourth-order valence-electron chi connectivity index (χ4n) is 2.56. The summed E-state index contributed by atoms with van der Waals surface area (Å²) in [5.74, 6) is 0.612. The zero-order valence-electron chi connectivity index (χ0n) is 10.4. The van der Waals surface area contributed by atoms with Crippen molar-refractivity contribution in [3.63, 3.8) is 0 Å². The number of aromatic nitrogens is 2. The normalized spacial score (nSPS) is 22.6. The van der Waals surface area contributed by atoms with Gasteiger partial charge in [0, 0.05) is 6.54 Å². The topological polar surface area (TPSA) is 47.1 Å². The van der Waals surface area contributed by atoms with E-state index in [0.717, 1.165) is 19.4 Å². The van der Waals surface area contributed by atoms with Crippen molar-refractivity contribution in [1.82, 2.24) is 14.7 Å². The van der Waals surface area contributed by atoms with E-state index in [0.29, 0.717) is 16.9 Å². The Morgan fingerprint density at radius 1 is 1.47 bits per heavy atom. The van der Waals surface area contributed by atoms with E-state index in [9.17, 15) is 0 Å². The highest BCUT2D eigenvalue weighted by molar-refractivity contribution is 6.32. The van der Waals surface area contributed by atoms with Gasteiger partial charge in [0.05, 0.1) is 12.2 Å². The molecule has 0 aliphatic carbocycles. The number of nitrogen functional groups attached to an aromatic ring is 1. The largest absolute Gasteiger partial charge is 0.383 e. The van der Waals surface area contributed by atoms with Crippen LogP contribution in [0.5, 0.6) is 0 Å². The first-order valence-electron chi connectivity index (χ1n) is 6.43. The van der Waals surface area contributed by atoms with Crippen LogP contribution in [0.4, 0.5) is 5.82 Å². The van der Waals surface area contributed by atoms with E-state index in [4.69, 9.17) is 17.3 Å². The van der Waals surface area contributed by atoms with Crippen molar-refractivity contribution in [3.05, 3.63) is 11.2 Å². The van der Waals surface area contributed by atoms with Crippen LogP contribution in [-0.2, 0) is 0 Å². The lowest BCUT2D eigenvalue weighted by molar-refractivity contribution is 0.280. The van der Waals surface area contributed by atoms with Crippen molar-refractivity contribution < 1.29 is 0 Å². The maximum absolute atomic E-state index is 5.95. The Labute approximate surface area is 108 Å². The van der Waals surface area contributed by atoms with E-state index in [1.807, 2.05) is 4.68 Å². The van der Waals surface area contributed by atoms with Gasteiger partial charge in [-0.2, -0.15) is 5.10 Å². The smallest absolute Gasteiger partial charge is 0.140 e. The Kier molecular flexibility index (Phi) is 4.29. The van der Waals surface area contributed by atoms with E-state index < -0.39 is 0 Å². The van der Waals surface area contributed by atoms with Crippen LogP contribution in [0.3, 0.4) is 0 Å². The maximum atomic E-state index is 5.95. The average molecular weight is 257 g/mol. The SMILES string of the molecule is CCCN1CCCC(n2ncc(Cl)c2N)CC1. The molecule has 1 aromatic heterocycles. The summed E-state index contributed by atoms with van der Waals surface area (Å²) in [6.07, 6.45) is 6.33. The third kappa shape index (κ3) is 2.93. The molecule has 0 spiro atoms. The molecule has 0 radical (unpaired) electrons. The van der Waals surface area contributed by atoms with E-state index in [2.05, 4.69) is 16.9 Å². The Morgan fingerprint density at radius 2 is 2.29 bits per heavy atom. The van der Waals surface area contributed by atoms with Crippen LogP contribution < -0.4 is 5.73 Å². The first-order valence-corrected chi connectivity index (χ1v) is 6.81. The molecular formula is C12H21ClN4. The fourth-order valence-corrected chi connectivity index (χ4v) is 2.69. The van der Waals surface area contributed by atoms with Crippen LogP contribution in [0.1, 0.15) is 38.6 Å². The number of anilines is 1. The number of likely N-dealkylation sites (tertiary alicyclic amines) is 1. The van der Waals surface area contributed by atoms with Gasteiger partial charge >= 0.3 is 0 Å². The molecule has 2 N–H and O–H groups in total. The van der Waals surface area contributed by atoms with Crippen molar-refractivity contribution in [2.75, 3.05) is 25.4 Å². The van der Waals surface area contributed by atoms with E-state index >= 15 is 0 Å².